The molecule has 0 spiro atoms. The summed E-state index contributed by atoms with van der Waals surface area (Å²) in [6.07, 6.45) is 2.21. The van der Waals surface area contributed by atoms with E-state index >= 15 is 0 Å². The van der Waals surface area contributed by atoms with Crippen LogP contribution in [0.2, 0.25) is 0 Å². The van der Waals surface area contributed by atoms with Gasteiger partial charge in [-0.25, -0.2) is 0 Å². The third-order valence-electron chi connectivity index (χ3n) is 4.37. The van der Waals surface area contributed by atoms with Crippen molar-refractivity contribution in [3.05, 3.63) is 59.9 Å². The van der Waals surface area contributed by atoms with E-state index in [1.807, 2.05) is 53.6 Å². The molecule has 1 amide bonds. The fraction of sp³-hybridized carbons (Fsp3) is 0.368. The predicted molar refractivity (Wildman–Crippen MR) is 92.8 cm³/mol. The molecule has 0 aliphatic carbocycles. The molecule has 5 heteroatoms. The average molecular weight is 325 g/mol. The van der Waals surface area contributed by atoms with E-state index < -0.39 is 0 Å². The molecule has 2 heterocycles. The molecule has 0 bridgehead atoms. The Bertz CT molecular complexity index is 667. The summed E-state index contributed by atoms with van der Waals surface area (Å²) in [5, 5.41) is 0. The van der Waals surface area contributed by atoms with Crippen molar-refractivity contribution in [2.24, 2.45) is 0 Å². The summed E-state index contributed by atoms with van der Waals surface area (Å²) in [6.45, 7) is 4.14. The number of carbonyl (C=O) groups excluding carboxylic acids is 1. The highest BCUT2D eigenvalue weighted by Gasteiger charge is 2.22. The van der Waals surface area contributed by atoms with Crippen LogP contribution in [0.15, 0.2) is 48.7 Å². The van der Waals surface area contributed by atoms with E-state index in [9.17, 15) is 4.79 Å². The number of benzene rings is 1. The van der Waals surface area contributed by atoms with Gasteiger partial charge in [-0.05, 0) is 18.2 Å². The fourth-order valence-corrected chi connectivity index (χ4v) is 3.00. The number of carbonyl (C=O) groups is 1. The first-order valence-corrected chi connectivity index (χ1v) is 8.28. The Hall–Kier alpha value is -2.40. The number of pyridine rings is 1. The molecule has 0 saturated carbocycles. The molecule has 0 N–H and O–H groups in total. The summed E-state index contributed by atoms with van der Waals surface area (Å²) in [5.41, 5.74) is 2.02. The normalized spacial score (nSPS) is 15.3. The highest BCUT2D eigenvalue weighted by atomic mass is 16.5. The summed E-state index contributed by atoms with van der Waals surface area (Å²) in [6, 6.07) is 13.7. The smallest absolute Gasteiger partial charge is 0.227 e. The lowest BCUT2D eigenvalue weighted by molar-refractivity contribution is -0.132. The third kappa shape index (κ3) is 4.11. The highest BCUT2D eigenvalue weighted by molar-refractivity contribution is 5.79. The van der Waals surface area contributed by atoms with E-state index in [2.05, 4.69) is 9.88 Å². The van der Waals surface area contributed by atoms with Crippen LogP contribution in [0, 0.1) is 0 Å². The van der Waals surface area contributed by atoms with Crippen LogP contribution < -0.4 is 4.74 Å². The number of piperazine rings is 1. The summed E-state index contributed by atoms with van der Waals surface area (Å²) in [4.78, 5) is 21.2. The lowest BCUT2D eigenvalue weighted by atomic mass is 10.1. The average Bonchev–Trinajstić information content (AvgIpc) is 2.63. The highest BCUT2D eigenvalue weighted by Crippen LogP contribution is 2.19. The maximum absolute atomic E-state index is 12.5. The number of methoxy groups -OCH3 is 1. The molecule has 1 fully saturated rings. The molecule has 2 aromatic rings. The number of rotatable bonds is 5. The summed E-state index contributed by atoms with van der Waals surface area (Å²) >= 11 is 0. The lowest BCUT2D eigenvalue weighted by Crippen LogP contribution is -2.48. The number of hydrogen-bond acceptors (Lipinski definition) is 4. The Morgan fingerprint density at radius 2 is 1.83 bits per heavy atom. The van der Waals surface area contributed by atoms with E-state index in [0.717, 1.165) is 49.7 Å². The molecule has 24 heavy (non-hydrogen) atoms. The van der Waals surface area contributed by atoms with Crippen LogP contribution >= 0.6 is 0 Å². The minimum Gasteiger partial charge on any atom is -0.496 e. The minimum absolute atomic E-state index is 0.164. The Balaban J connectivity index is 1.52. The number of ether oxygens (including phenoxy) is 1. The number of hydrogen-bond donors (Lipinski definition) is 0. The Morgan fingerprint density at radius 1 is 1.08 bits per heavy atom. The largest absolute Gasteiger partial charge is 0.496 e. The number of amides is 1. The number of para-hydroxylation sites is 1. The quantitative estimate of drug-likeness (QED) is 0.843. The van der Waals surface area contributed by atoms with E-state index in [4.69, 9.17) is 4.74 Å². The second-order valence-corrected chi connectivity index (χ2v) is 5.97. The molecule has 1 saturated heterocycles. The maximum Gasteiger partial charge on any atom is 0.227 e. The zero-order valence-electron chi connectivity index (χ0n) is 14.0. The second kappa shape index (κ2) is 7.93. The van der Waals surface area contributed by atoms with Crippen LogP contribution in [0.25, 0.3) is 0 Å². The first-order valence-electron chi connectivity index (χ1n) is 8.28. The van der Waals surface area contributed by atoms with Gasteiger partial charge in [0, 0.05) is 44.5 Å². The maximum atomic E-state index is 12.5. The van der Waals surface area contributed by atoms with E-state index in [0.29, 0.717) is 6.42 Å². The van der Waals surface area contributed by atoms with Crippen LogP contribution in [0.4, 0.5) is 0 Å². The molecule has 1 aromatic heterocycles. The van der Waals surface area contributed by atoms with Crippen molar-refractivity contribution in [3.63, 3.8) is 0 Å². The number of aromatic nitrogens is 1. The molecule has 0 atom stereocenters. The zero-order valence-corrected chi connectivity index (χ0v) is 14.0. The van der Waals surface area contributed by atoms with Gasteiger partial charge >= 0.3 is 0 Å². The van der Waals surface area contributed by atoms with Crippen molar-refractivity contribution >= 4 is 5.91 Å². The fourth-order valence-electron chi connectivity index (χ4n) is 3.00. The molecule has 1 aromatic carbocycles. The standard InChI is InChI=1S/C19H23N3O2/c1-24-18-8-3-2-6-16(18)14-19(23)22-12-10-21(11-13-22)15-17-7-4-5-9-20-17/h2-9H,10-15H2,1H3. The first kappa shape index (κ1) is 16.5. The van der Waals surface area contributed by atoms with Crippen LogP contribution in [-0.2, 0) is 17.8 Å². The van der Waals surface area contributed by atoms with Crippen molar-refractivity contribution in [1.82, 2.24) is 14.8 Å². The molecule has 3 rings (SSSR count). The van der Waals surface area contributed by atoms with Gasteiger partial charge in [0.25, 0.3) is 0 Å². The van der Waals surface area contributed by atoms with Crippen molar-refractivity contribution in [3.8, 4) is 5.75 Å². The molecule has 1 aliphatic heterocycles. The monoisotopic (exact) mass is 325 g/mol. The van der Waals surface area contributed by atoms with Crippen molar-refractivity contribution in [1.29, 1.82) is 0 Å². The third-order valence-corrected chi connectivity index (χ3v) is 4.37. The lowest BCUT2D eigenvalue weighted by Gasteiger charge is -2.34. The van der Waals surface area contributed by atoms with Crippen LogP contribution in [0.5, 0.6) is 5.75 Å². The summed E-state index contributed by atoms with van der Waals surface area (Å²) in [5.74, 6) is 0.941. The van der Waals surface area contributed by atoms with Crippen LogP contribution in [-0.4, -0.2) is 54.0 Å². The van der Waals surface area contributed by atoms with Gasteiger partial charge in [-0.15, -0.1) is 0 Å². The Labute approximate surface area is 142 Å². The van der Waals surface area contributed by atoms with Crippen molar-refractivity contribution in [2.45, 2.75) is 13.0 Å². The minimum atomic E-state index is 0.164. The van der Waals surface area contributed by atoms with Crippen molar-refractivity contribution < 1.29 is 9.53 Å². The summed E-state index contributed by atoms with van der Waals surface area (Å²) < 4.78 is 5.33. The molecular formula is C19H23N3O2. The van der Waals surface area contributed by atoms with Gasteiger partial charge in [-0.3, -0.25) is 14.7 Å². The first-order chi connectivity index (χ1) is 11.8. The van der Waals surface area contributed by atoms with Gasteiger partial charge in [-0.2, -0.15) is 0 Å². The van der Waals surface area contributed by atoms with Gasteiger partial charge in [0.1, 0.15) is 5.75 Å². The van der Waals surface area contributed by atoms with Gasteiger partial charge in [-0.1, -0.05) is 24.3 Å². The predicted octanol–water partition coefficient (Wildman–Crippen LogP) is 1.98. The van der Waals surface area contributed by atoms with E-state index in [1.165, 1.54) is 0 Å². The Morgan fingerprint density at radius 3 is 2.54 bits per heavy atom. The molecule has 1 aliphatic rings. The summed E-state index contributed by atoms with van der Waals surface area (Å²) in [7, 11) is 1.64. The molecule has 0 unspecified atom stereocenters. The molecular weight excluding hydrogens is 302 g/mol. The van der Waals surface area contributed by atoms with Gasteiger partial charge in [0.2, 0.25) is 5.91 Å². The zero-order chi connectivity index (χ0) is 16.8. The van der Waals surface area contributed by atoms with Crippen LogP contribution in [0.1, 0.15) is 11.3 Å². The molecule has 5 nitrogen and oxygen atoms in total. The number of nitrogens with zero attached hydrogens (tertiary/aromatic N) is 3. The topological polar surface area (TPSA) is 45.7 Å². The molecule has 126 valence electrons. The van der Waals surface area contributed by atoms with E-state index in [1.54, 1.807) is 7.11 Å². The van der Waals surface area contributed by atoms with Gasteiger partial charge < -0.3 is 9.64 Å². The SMILES string of the molecule is COc1ccccc1CC(=O)N1CCN(Cc2ccccn2)CC1. The second-order valence-electron chi connectivity index (χ2n) is 5.97. The van der Waals surface area contributed by atoms with E-state index in [-0.39, 0.29) is 5.91 Å². The van der Waals surface area contributed by atoms with Gasteiger partial charge in [0.15, 0.2) is 0 Å². The Kier molecular flexibility index (Phi) is 5.43. The van der Waals surface area contributed by atoms with Crippen molar-refractivity contribution in [2.75, 3.05) is 33.3 Å². The van der Waals surface area contributed by atoms with Gasteiger partial charge in [0.05, 0.1) is 19.2 Å². The molecule has 0 radical (unpaired) electrons. The van der Waals surface area contributed by atoms with Crippen LogP contribution in [0.3, 0.4) is 0 Å².